The lowest BCUT2D eigenvalue weighted by Crippen LogP contribution is -2.31. The van der Waals surface area contributed by atoms with E-state index in [1.54, 1.807) is 0 Å². The lowest BCUT2D eigenvalue weighted by Gasteiger charge is -2.18. The van der Waals surface area contributed by atoms with Crippen molar-refractivity contribution in [3.05, 3.63) is 22.9 Å². The number of rotatable bonds is 7. The van der Waals surface area contributed by atoms with Crippen LogP contribution in [0.1, 0.15) is 62.8 Å². The van der Waals surface area contributed by atoms with Crippen molar-refractivity contribution in [1.82, 2.24) is 10.3 Å². The van der Waals surface area contributed by atoms with Crippen LogP contribution in [0.5, 0.6) is 0 Å². The van der Waals surface area contributed by atoms with E-state index in [1.165, 1.54) is 23.7 Å². The largest absolute Gasteiger partial charge is 0.355 e. The smallest absolute Gasteiger partial charge is 0.233 e. The predicted molar refractivity (Wildman–Crippen MR) is 93.4 cm³/mol. The molecule has 124 valence electrons. The van der Waals surface area contributed by atoms with Crippen LogP contribution in [0.2, 0.25) is 0 Å². The molecule has 0 bridgehead atoms. The fourth-order valence-electron chi connectivity index (χ4n) is 2.74. The Bertz CT molecular complexity index is 595. The molecular weight excluding hydrogens is 306 g/mol. The summed E-state index contributed by atoms with van der Waals surface area (Å²) in [6.45, 7) is 4.74. The molecule has 4 nitrogen and oxygen atoms in total. The van der Waals surface area contributed by atoms with Crippen molar-refractivity contribution >= 4 is 17.7 Å². The molecule has 0 fully saturated rings. The summed E-state index contributed by atoms with van der Waals surface area (Å²) < 4.78 is 0. The molecule has 0 saturated carbocycles. The predicted octanol–water partition coefficient (Wildman–Crippen LogP) is 3.62. The Labute approximate surface area is 143 Å². The summed E-state index contributed by atoms with van der Waals surface area (Å²) in [4.78, 5) is 16.8. The molecule has 0 radical (unpaired) electrons. The third-order valence-electron chi connectivity index (χ3n) is 4.12. The molecule has 1 aromatic heterocycles. The first-order valence-electron chi connectivity index (χ1n) is 8.53. The van der Waals surface area contributed by atoms with Gasteiger partial charge in [0.2, 0.25) is 5.91 Å². The van der Waals surface area contributed by atoms with Crippen LogP contribution in [0.4, 0.5) is 0 Å². The molecule has 0 spiro atoms. The minimum Gasteiger partial charge on any atom is -0.355 e. The second-order valence-corrected chi connectivity index (χ2v) is 7.35. The van der Waals surface area contributed by atoms with Gasteiger partial charge < -0.3 is 5.32 Å². The standard InChI is InChI=1S/C18H25N3OS/c1-3-4-7-10-20-17(22)13(2)23-18-15(12-19)11-14-8-5-6-9-16(14)21-18/h11,13H,3-10H2,1-2H3,(H,20,22). The minimum absolute atomic E-state index is 0.0227. The molecule has 23 heavy (non-hydrogen) atoms. The van der Waals surface area contributed by atoms with Gasteiger partial charge in [-0.05, 0) is 50.7 Å². The molecule has 5 heteroatoms. The number of fused-ring (bicyclic) bond motifs is 1. The van der Waals surface area contributed by atoms with Crippen LogP contribution in [-0.2, 0) is 17.6 Å². The number of aryl methyl sites for hydroxylation is 2. The van der Waals surface area contributed by atoms with Gasteiger partial charge in [0, 0.05) is 12.2 Å². The third-order valence-corrected chi connectivity index (χ3v) is 5.23. The Kier molecular flexibility index (Phi) is 6.91. The van der Waals surface area contributed by atoms with Gasteiger partial charge in [-0.1, -0.05) is 31.5 Å². The highest BCUT2D eigenvalue weighted by molar-refractivity contribution is 8.00. The molecule has 1 heterocycles. The van der Waals surface area contributed by atoms with E-state index in [0.717, 1.165) is 50.8 Å². The van der Waals surface area contributed by atoms with Gasteiger partial charge in [-0.15, -0.1) is 0 Å². The van der Waals surface area contributed by atoms with Gasteiger partial charge in [0.1, 0.15) is 11.1 Å². The summed E-state index contributed by atoms with van der Waals surface area (Å²) in [6.07, 6.45) is 7.60. The van der Waals surface area contributed by atoms with E-state index >= 15 is 0 Å². The summed E-state index contributed by atoms with van der Waals surface area (Å²) in [7, 11) is 0. The van der Waals surface area contributed by atoms with E-state index < -0.39 is 0 Å². The zero-order chi connectivity index (χ0) is 16.7. The van der Waals surface area contributed by atoms with E-state index in [4.69, 9.17) is 0 Å². The van der Waals surface area contributed by atoms with E-state index in [-0.39, 0.29) is 11.2 Å². The van der Waals surface area contributed by atoms with Crippen LogP contribution in [0.3, 0.4) is 0 Å². The average Bonchev–Trinajstić information content (AvgIpc) is 2.57. The average molecular weight is 331 g/mol. The van der Waals surface area contributed by atoms with E-state index in [1.807, 2.05) is 13.0 Å². The number of hydrogen-bond donors (Lipinski definition) is 1. The molecule has 1 N–H and O–H groups in total. The first-order valence-corrected chi connectivity index (χ1v) is 9.41. The van der Waals surface area contributed by atoms with Crippen molar-refractivity contribution in [3.63, 3.8) is 0 Å². The molecular formula is C18H25N3OS. The first-order chi connectivity index (χ1) is 11.2. The Balaban J connectivity index is 2.01. The fourth-order valence-corrected chi connectivity index (χ4v) is 3.66. The maximum absolute atomic E-state index is 12.2. The highest BCUT2D eigenvalue weighted by Crippen LogP contribution is 2.29. The number of carbonyl (C=O) groups is 1. The van der Waals surface area contributed by atoms with Gasteiger partial charge in [-0.25, -0.2) is 4.98 Å². The monoisotopic (exact) mass is 331 g/mol. The lowest BCUT2D eigenvalue weighted by molar-refractivity contribution is -0.120. The zero-order valence-electron chi connectivity index (χ0n) is 14.0. The van der Waals surface area contributed by atoms with Crippen LogP contribution >= 0.6 is 11.8 Å². The maximum Gasteiger partial charge on any atom is 0.233 e. The van der Waals surface area contributed by atoms with Crippen molar-refractivity contribution < 1.29 is 4.79 Å². The number of unbranched alkanes of at least 4 members (excludes halogenated alkanes) is 2. The highest BCUT2D eigenvalue weighted by Gasteiger charge is 2.20. The normalized spacial score (nSPS) is 14.7. The summed E-state index contributed by atoms with van der Waals surface area (Å²) >= 11 is 1.39. The number of aromatic nitrogens is 1. The van der Waals surface area contributed by atoms with E-state index in [2.05, 4.69) is 23.3 Å². The van der Waals surface area contributed by atoms with Crippen LogP contribution in [0, 0.1) is 11.3 Å². The van der Waals surface area contributed by atoms with Crippen LogP contribution < -0.4 is 5.32 Å². The second-order valence-electron chi connectivity index (χ2n) is 6.02. The second kappa shape index (κ2) is 8.93. The van der Waals surface area contributed by atoms with E-state index in [0.29, 0.717) is 10.6 Å². The maximum atomic E-state index is 12.2. The van der Waals surface area contributed by atoms with Gasteiger partial charge in [0.15, 0.2) is 0 Å². The Morgan fingerprint density at radius 2 is 2.22 bits per heavy atom. The van der Waals surface area contributed by atoms with Crippen molar-refractivity contribution in [2.75, 3.05) is 6.54 Å². The van der Waals surface area contributed by atoms with Crippen LogP contribution in [0.15, 0.2) is 11.1 Å². The number of nitriles is 1. The van der Waals surface area contributed by atoms with Gasteiger partial charge in [-0.3, -0.25) is 4.79 Å². The number of hydrogen-bond acceptors (Lipinski definition) is 4. The number of thioether (sulfide) groups is 1. The van der Waals surface area contributed by atoms with Gasteiger partial charge in [0.25, 0.3) is 0 Å². The molecule has 1 unspecified atom stereocenters. The van der Waals surface area contributed by atoms with Crippen molar-refractivity contribution in [2.24, 2.45) is 0 Å². The SMILES string of the molecule is CCCCCNC(=O)C(C)Sc1nc2c(cc1C#N)CCCC2. The van der Waals surface area contributed by atoms with E-state index in [9.17, 15) is 10.1 Å². The van der Waals surface area contributed by atoms with Gasteiger partial charge >= 0.3 is 0 Å². The molecule has 1 amide bonds. The zero-order valence-corrected chi connectivity index (χ0v) is 14.8. The molecule has 0 aliphatic heterocycles. The van der Waals surface area contributed by atoms with Crippen molar-refractivity contribution in [1.29, 1.82) is 5.26 Å². The van der Waals surface area contributed by atoms with Gasteiger partial charge in [-0.2, -0.15) is 5.26 Å². The summed E-state index contributed by atoms with van der Waals surface area (Å²) in [6, 6.07) is 4.20. The molecule has 2 rings (SSSR count). The summed E-state index contributed by atoms with van der Waals surface area (Å²) in [5.74, 6) is 0.0227. The molecule has 1 aliphatic rings. The summed E-state index contributed by atoms with van der Waals surface area (Å²) in [5, 5.41) is 12.8. The molecule has 0 aromatic carbocycles. The number of nitrogens with zero attached hydrogens (tertiary/aromatic N) is 2. The summed E-state index contributed by atoms with van der Waals surface area (Å²) in [5.41, 5.74) is 2.91. The minimum atomic E-state index is -0.238. The number of amides is 1. The lowest BCUT2D eigenvalue weighted by atomic mass is 9.95. The molecule has 0 saturated heterocycles. The Morgan fingerprint density at radius 1 is 1.43 bits per heavy atom. The third kappa shape index (κ3) is 4.97. The topological polar surface area (TPSA) is 65.8 Å². The Hall–Kier alpha value is -1.54. The molecule has 1 atom stereocenters. The number of nitrogens with one attached hydrogen (secondary N) is 1. The number of carbonyl (C=O) groups excluding carboxylic acids is 1. The van der Waals surface area contributed by atoms with Crippen LogP contribution in [0.25, 0.3) is 0 Å². The Morgan fingerprint density at radius 3 is 2.96 bits per heavy atom. The van der Waals surface area contributed by atoms with Crippen LogP contribution in [-0.4, -0.2) is 22.7 Å². The quantitative estimate of drug-likeness (QED) is 0.612. The highest BCUT2D eigenvalue weighted by atomic mass is 32.2. The van der Waals surface area contributed by atoms with Gasteiger partial charge in [0.05, 0.1) is 10.8 Å². The molecule has 1 aliphatic carbocycles. The molecule has 1 aromatic rings. The number of pyridine rings is 1. The van der Waals surface area contributed by atoms with Crippen molar-refractivity contribution in [2.45, 2.75) is 69.1 Å². The van der Waals surface area contributed by atoms with Crippen molar-refractivity contribution in [3.8, 4) is 6.07 Å². The first kappa shape index (κ1) is 17.8. The fraction of sp³-hybridized carbons (Fsp3) is 0.611.